The Morgan fingerprint density at radius 3 is 3.04 bits per heavy atom. The first-order valence-electron chi connectivity index (χ1n) is 8.97. The molecule has 28 heavy (non-hydrogen) atoms. The molecule has 0 radical (unpaired) electrons. The summed E-state index contributed by atoms with van der Waals surface area (Å²) in [6.45, 7) is 5.26. The minimum atomic E-state index is -0.348. The van der Waals surface area contributed by atoms with Crippen molar-refractivity contribution in [1.29, 1.82) is 0 Å². The Bertz CT molecular complexity index is 827. The van der Waals surface area contributed by atoms with Crippen LogP contribution in [0.15, 0.2) is 16.5 Å². The van der Waals surface area contributed by atoms with E-state index >= 15 is 0 Å². The Hall–Kier alpha value is -1.55. The van der Waals surface area contributed by atoms with Crippen LogP contribution in [0.1, 0.15) is 25.3 Å². The molecule has 10 heteroatoms. The number of carbonyl (C=O) groups is 1. The first kappa shape index (κ1) is 21.2. The second-order valence-electron chi connectivity index (χ2n) is 6.44. The van der Waals surface area contributed by atoms with Gasteiger partial charge in [0, 0.05) is 24.2 Å². The highest BCUT2D eigenvalue weighted by molar-refractivity contribution is 8.02. The van der Waals surface area contributed by atoms with Crippen molar-refractivity contribution in [2.24, 2.45) is 0 Å². The van der Waals surface area contributed by atoms with Gasteiger partial charge in [0.25, 0.3) is 0 Å². The highest BCUT2D eigenvalue weighted by Gasteiger charge is 2.20. The van der Waals surface area contributed by atoms with Crippen molar-refractivity contribution in [3.8, 4) is 5.75 Å². The molecule has 1 saturated heterocycles. The van der Waals surface area contributed by atoms with E-state index in [1.165, 1.54) is 23.1 Å². The van der Waals surface area contributed by atoms with E-state index in [1.54, 1.807) is 19.2 Å². The number of rotatable bonds is 8. The lowest BCUT2D eigenvalue weighted by Gasteiger charge is -2.14. The number of ether oxygens (including phenoxy) is 2. The third-order valence-electron chi connectivity index (χ3n) is 4.30. The standard InChI is InChI=1S/C18H23ClN4O3S2/c1-10-7-14(15(25-3)8-13(10)19)21-16(24)11(2)27-18-23-22-17(28-18)20-9-12-5-4-6-26-12/h7-8,11-12H,4-6,9H2,1-3H3,(H,20,22)(H,21,24). The zero-order valence-corrected chi connectivity index (χ0v) is 18.3. The molecule has 0 saturated carbocycles. The van der Waals surface area contributed by atoms with E-state index in [0.717, 1.165) is 41.0 Å². The zero-order chi connectivity index (χ0) is 20.1. The smallest absolute Gasteiger partial charge is 0.237 e. The molecule has 1 aromatic heterocycles. The molecule has 1 aliphatic rings. The van der Waals surface area contributed by atoms with Crippen LogP contribution >= 0.6 is 34.7 Å². The maximum absolute atomic E-state index is 12.6. The number of halogens is 1. The number of amides is 1. The lowest BCUT2D eigenvalue weighted by atomic mass is 10.2. The minimum Gasteiger partial charge on any atom is -0.495 e. The number of aromatic nitrogens is 2. The van der Waals surface area contributed by atoms with Gasteiger partial charge in [-0.3, -0.25) is 4.79 Å². The predicted octanol–water partition coefficient (Wildman–Crippen LogP) is 4.22. The molecule has 1 aromatic carbocycles. The number of nitrogens with zero attached hydrogens (tertiary/aromatic N) is 2. The quantitative estimate of drug-likeness (QED) is 0.592. The Labute approximate surface area is 177 Å². The van der Waals surface area contributed by atoms with Crippen LogP contribution in [-0.2, 0) is 9.53 Å². The zero-order valence-electron chi connectivity index (χ0n) is 16.0. The Morgan fingerprint density at radius 1 is 1.50 bits per heavy atom. The van der Waals surface area contributed by atoms with Crippen LogP contribution in [0.3, 0.4) is 0 Å². The number of aryl methyl sites for hydroxylation is 1. The maximum atomic E-state index is 12.6. The van der Waals surface area contributed by atoms with E-state index in [4.69, 9.17) is 21.1 Å². The van der Waals surface area contributed by atoms with Crippen molar-refractivity contribution in [2.45, 2.75) is 42.4 Å². The first-order valence-corrected chi connectivity index (χ1v) is 11.0. The second kappa shape index (κ2) is 9.78. The number of hydrogen-bond donors (Lipinski definition) is 2. The van der Waals surface area contributed by atoms with E-state index in [-0.39, 0.29) is 17.3 Å². The van der Waals surface area contributed by atoms with Crippen LogP contribution in [0.25, 0.3) is 0 Å². The van der Waals surface area contributed by atoms with Gasteiger partial charge >= 0.3 is 0 Å². The highest BCUT2D eigenvalue weighted by atomic mass is 35.5. The van der Waals surface area contributed by atoms with Gasteiger partial charge < -0.3 is 20.1 Å². The number of benzene rings is 1. The number of thioether (sulfide) groups is 1. The monoisotopic (exact) mass is 442 g/mol. The fourth-order valence-corrected chi connectivity index (χ4v) is 4.76. The summed E-state index contributed by atoms with van der Waals surface area (Å²) in [4.78, 5) is 12.6. The van der Waals surface area contributed by atoms with Gasteiger partial charge in [0.1, 0.15) is 5.75 Å². The number of hydrogen-bond acceptors (Lipinski definition) is 8. The van der Waals surface area contributed by atoms with Crippen molar-refractivity contribution in [3.05, 3.63) is 22.7 Å². The SMILES string of the molecule is COc1cc(Cl)c(C)cc1NC(=O)C(C)Sc1nnc(NCC2CCCO2)s1. The highest BCUT2D eigenvalue weighted by Crippen LogP contribution is 2.33. The molecule has 0 aliphatic carbocycles. The molecule has 2 aromatic rings. The topological polar surface area (TPSA) is 85.4 Å². The van der Waals surface area contributed by atoms with Crippen LogP contribution in [0.2, 0.25) is 5.02 Å². The van der Waals surface area contributed by atoms with Crippen LogP contribution in [0, 0.1) is 6.92 Å². The number of carbonyl (C=O) groups excluding carboxylic acids is 1. The fraction of sp³-hybridized carbons (Fsp3) is 0.500. The third-order valence-corrected chi connectivity index (χ3v) is 6.77. The molecule has 0 spiro atoms. The van der Waals surface area contributed by atoms with Gasteiger partial charge in [0.05, 0.1) is 24.2 Å². The van der Waals surface area contributed by atoms with E-state index in [1.807, 2.05) is 13.8 Å². The van der Waals surface area contributed by atoms with Gasteiger partial charge in [-0.05, 0) is 38.3 Å². The van der Waals surface area contributed by atoms with E-state index in [0.29, 0.717) is 16.5 Å². The average molecular weight is 443 g/mol. The van der Waals surface area contributed by atoms with Gasteiger partial charge in [0.2, 0.25) is 11.0 Å². The van der Waals surface area contributed by atoms with Crippen molar-refractivity contribution in [2.75, 3.05) is 30.9 Å². The largest absolute Gasteiger partial charge is 0.495 e. The van der Waals surface area contributed by atoms with Crippen LogP contribution < -0.4 is 15.4 Å². The first-order chi connectivity index (χ1) is 13.5. The number of anilines is 2. The van der Waals surface area contributed by atoms with Crippen LogP contribution in [0.5, 0.6) is 5.75 Å². The summed E-state index contributed by atoms with van der Waals surface area (Å²) in [7, 11) is 1.54. The minimum absolute atomic E-state index is 0.144. The van der Waals surface area contributed by atoms with E-state index in [2.05, 4.69) is 20.8 Å². The molecular formula is C18H23ClN4O3S2. The van der Waals surface area contributed by atoms with Crippen molar-refractivity contribution < 1.29 is 14.3 Å². The number of methoxy groups -OCH3 is 1. The molecule has 7 nitrogen and oxygen atoms in total. The molecular weight excluding hydrogens is 420 g/mol. The summed E-state index contributed by atoms with van der Waals surface area (Å²) >= 11 is 8.91. The van der Waals surface area contributed by atoms with Gasteiger partial charge in [-0.15, -0.1) is 10.2 Å². The lowest BCUT2D eigenvalue weighted by molar-refractivity contribution is -0.115. The molecule has 2 atom stereocenters. The molecule has 152 valence electrons. The van der Waals surface area contributed by atoms with E-state index < -0.39 is 0 Å². The Morgan fingerprint density at radius 2 is 2.32 bits per heavy atom. The molecule has 1 fully saturated rings. The number of nitrogens with one attached hydrogen (secondary N) is 2. The van der Waals surface area contributed by atoms with Gasteiger partial charge in [-0.2, -0.15) is 0 Å². The molecule has 2 N–H and O–H groups in total. The molecule has 2 unspecified atom stereocenters. The summed E-state index contributed by atoms with van der Waals surface area (Å²) in [6, 6.07) is 3.50. The summed E-state index contributed by atoms with van der Waals surface area (Å²) in [5.74, 6) is 0.381. The summed E-state index contributed by atoms with van der Waals surface area (Å²) in [5.41, 5.74) is 1.46. The van der Waals surface area contributed by atoms with Gasteiger partial charge in [0.15, 0.2) is 4.34 Å². The summed E-state index contributed by atoms with van der Waals surface area (Å²) < 4.78 is 11.6. The fourth-order valence-electron chi connectivity index (χ4n) is 2.70. The summed E-state index contributed by atoms with van der Waals surface area (Å²) in [6.07, 6.45) is 2.41. The predicted molar refractivity (Wildman–Crippen MR) is 114 cm³/mol. The van der Waals surface area contributed by atoms with Crippen LogP contribution in [0.4, 0.5) is 10.8 Å². The van der Waals surface area contributed by atoms with Crippen molar-refractivity contribution >= 4 is 51.4 Å². The van der Waals surface area contributed by atoms with E-state index in [9.17, 15) is 4.79 Å². The maximum Gasteiger partial charge on any atom is 0.237 e. The average Bonchev–Trinajstić information content (AvgIpc) is 3.34. The van der Waals surface area contributed by atoms with Crippen molar-refractivity contribution in [3.63, 3.8) is 0 Å². The van der Waals surface area contributed by atoms with Crippen LogP contribution in [-0.4, -0.2) is 47.7 Å². The van der Waals surface area contributed by atoms with Gasteiger partial charge in [-0.25, -0.2) is 0 Å². The summed E-state index contributed by atoms with van der Waals surface area (Å²) in [5, 5.41) is 15.4. The molecule has 1 aliphatic heterocycles. The second-order valence-corrected chi connectivity index (χ2v) is 9.41. The van der Waals surface area contributed by atoms with Crippen molar-refractivity contribution in [1.82, 2.24) is 10.2 Å². The lowest BCUT2D eigenvalue weighted by Crippen LogP contribution is -2.22. The molecule has 1 amide bonds. The molecule has 0 bridgehead atoms. The molecule has 3 rings (SSSR count). The van der Waals surface area contributed by atoms with Gasteiger partial charge in [-0.1, -0.05) is 34.7 Å². The molecule has 2 heterocycles. The normalized spacial score (nSPS) is 17.4. The Kier molecular flexibility index (Phi) is 7.39. The Balaban J connectivity index is 1.55. The third kappa shape index (κ3) is 5.50.